The second-order valence-electron chi connectivity index (χ2n) is 6.67. The Morgan fingerprint density at radius 1 is 1.11 bits per heavy atom. The lowest BCUT2D eigenvalue weighted by molar-refractivity contribution is -0.121. The van der Waals surface area contributed by atoms with E-state index in [1.807, 2.05) is 60.1 Å². The van der Waals surface area contributed by atoms with Gasteiger partial charge in [-0.1, -0.05) is 41.9 Å². The third-order valence-corrected chi connectivity index (χ3v) is 5.10. The summed E-state index contributed by atoms with van der Waals surface area (Å²) < 4.78 is 3.06. The van der Waals surface area contributed by atoms with E-state index in [9.17, 15) is 9.59 Å². The summed E-state index contributed by atoms with van der Waals surface area (Å²) in [5, 5.41) is 9.49. The summed E-state index contributed by atoms with van der Waals surface area (Å²) in [7, 11) is 1.85. The van der Waals surface area contributed by atoms with E-state index in [1.165, 1.54) is 4.68 Å². The van der Waals surface area contributed by atoms with Crippen LogP contribution in [0.1, 0.15) is 5.56 Å². The van der Waals surface area contributed by atoms with E-state index in [0.717, 1.165) is 21.9 Å². The molecule has 0 fully saturated rings. The van der Waals surface area contributed by atoms with Crippen LogP contribution in [0.5, 0.6) is 0 Å². The molecule has 0 aliphatic carbocycles. The molecule has 4 rings (SSSR count). The highest BCUT2D eigenvalue weighted by atomic mass is 35.5. The Kier molecular flexibility index (Phi) is 4.88. The topological polar surface area (TPSA) is 68.9 Å². The summed E-state index contributed by atoms with van der Waals surface area (Å²) in [4.78, 5) is 25.1. The average Bonchev–Trinajstić information content (AvgIpc) is 2.99. The highest BCUT2D eigenvalue weighted by Gasteiger charge is 2.14. The van der Waals surface area contributed by atoms with E-state index in [2.05, 4.69) is 10.4 Å². The first-order chi connectivity index (χ1) is 13.5. The van der Waals surface area contributed by atoms with Crippen molar-refractivity contribution in [2.75, 3.05) is 6.54 Å². The van der Waals surface area contributed by atoms with Crippen LogP contribution in [0.2, 0.25) is 5.02 Å². The molecule has 2 heterocycles. The highest BCUT2D eigenvalue weighted by Crippen LogP contribution is 2.24. The summed E-state index contributed by atoms with van der Waals surface area (Å²) >= 11 is 5.87. The van der Waals surface area contributed by atoms with Crippen LogP contribution in [0.3, 0.4) is 0 Å². The molecule has 142 valence electrons. The van der Waals surface area contributed by atoms with Gasteiger partial charge in [-0.3, -0.25) is 9.59 Å². The van der Waals surface area contributed by atoms with Crippen LogP contribution in [0.4, 0.5) is 0 Å². The quantitative estimate of drug-likeness (QED) is 0.566. The van der Waals surface area contributed by atoms with Crippen LogP contribution in [0, 0.1) is 0 Å². The number of aromatic nitrogens is 3. The van der Waals surface area contributed by atoms with Crippen molar-refractivity contribution in [3.63, 3.8) is 0 Å². The lowest BCUT2D eigenvalue weighted by Gasteiger charge is -2.07. The average molecular weight is 395 g/mol. The van der Waals surface area contributed by atoms with Crippen LogP contribution in [0.25, 0.3) is 21.8 Å². The maximum absolute atomic E-state index is 12.9. The van der Waals surface area contributed by atoms with Crippen molar-refractivity contribution in [1.82, 2.24) is 19.7 Å². The molecule has 0 aliphatic rings. The first-order valence-electron chi connectivity index (χ1n) is 8.99. The second kappa shape index (κ2) is 7.48. The molecule has 0 unspecified atom stereocenters. The SMILES string of the molecule is Cn1c2ccccc2c2cnn(CC(=O)NCCc3ccc(Cl)cc3)c(=O)c21. The molecule has 1 amide bonds. The van der Waals surface area contributed by atoms with Crippen molar-refractivity contribution in [3.8, 4) is 0 Å². The third-order valence-electron chi connectivity index (χ3n) is 4.85. The standard InChI is InChI=1S/C21H19ClN4O2/c1-25-18-5-3-2-4-16(18)17-12-24-26(21(28)20(17)25)13-19(27)23-11-10-14-6-8-15(22)9-7-14/h2-9,12H,10-11,13H2,1H3,(H,23,27). The monoisotopic (exact) mass is 394 g/mol. The van der Waals surface area contributed by atoms with Gasteiger partial charge < -0.3 is 9.88 Å². The minimum absolute atomic E-state index is 0.114. The Labute approximate surface area is 166 Å². The summed E-state index contributed by atoms with van der Waals surface area (Å²) in [6.07, 6.45) is 2.34. The number of fused-ring (bicyclic) bond motifs is 3. The molecule has 0 aliphatic heterocycles. The number of hydrogen-bond donors (Lipinski definition) is 1. The van der Waals surface area contributed by atoms with Gasteiger partial charge in [-0.2, -0.15) is 5.10 Å². The first-order valence-corrected chi connectivity index (χ1v) is 9.37. The van der Waals surface area contributed by atoms with Crippen molar-refractivity contribution >= 4 is 39.3 Å². The molecule has 0 saturated carbocycles. The van der Waals surface area contributed by atoms with Gasteiger partial charge in [-0.25, -0.2) is 4.68 Å². The largest absolute Gasteiger partial charge is 0.354 e. The molecule has 0 atom stereocenters. The normalized spacial score (nSPS) is 11.2. The summed E-state index contributed by atoms with van der Waals surface area (Å²) in [6.45, 7) is 0.364. The van der Waals surface area contributed by atoms with Crippen LogP contribution in [-0.4, -0.2) is 26.8 Å². The van der Waals surface area contributed by atoms with Crippen LogP contribution in [0.15, 0.2) is 59.5 Å². The van der Waals surface area contributed by atoms with Crippen LogP contribution < -0.4 is 10.9 Å². The second-order valence-corrected chi connectivity index (χ2v) is 7.11. The molecule has 4 aromatic rings. The fourth-order valence-electron chi connectivity index (χ4n) is 3.42. The third kappa shape index (κ3) is 3.39. The lowest BCUT2D eigenvalue weighted by Crippen LogP contribution is -2.34. The zero-order valence-corrected chi connectivity index (χ0v) is 16.1. The Morgan fingerprint density at radius 3 is 2.64 bits per heavy atom. The van der Waals surface area contributed by atoms with Crippen molar-refractivity contribution in [3.05, 3.63) is 75.7 Å². The number of para-hydroxylation sites is 1. The summed E-state index contributed by atoms with van der Waals surface area (Å²) in [6, 6.07) is 15.3. The van der Waals surface area contributed by atoms with Gasteiger partial charge in [0, 0.05) is 34.9 Å². The van der Waals surface area contributed by atoms with Gasteiger partial charge in [0.2, 0.25) is 5.91 Å². The molecule has 2 aromatic carbocycles. The highest BCUT2D eigenvalue weighted by molar-refractivity contribution is 6.30. The van der Waals surface area contributed by atoms with E-state index >= 15 is 0 Å². The van der Waals surface area contributed by atoms with Crippen molar-refractivity contribution in [2.45, 2.75) is 13.0 Å². The zero-order chi connectivity index (χ0) is 19.7. The Hall–Kier alpha value is -3.12. The van der Waals surface area contributed by atoms with Crippen molar-refractivity contribution < 1.29 is 4.79 Å². The fraction of sp³-hybridized carbons (Fsp3) is 0.190. The van der Waals surface area contributed by atoms with E-state index in [4.69, 9.17) is 11.6 Å². The molecule has 6 nitrogen and oxygen atoms in total. The number of carbonyl (C=O) groups is 1. The van der Waals surface area contributed by atoms with E-state index < -0.39 is 0 Å². The molecule has 0 bridgehead atoms. The predicted molar refractivity (Wildman–Crippen MR) is 111 cm³/mol. The molecule has 0 spiro atoms. The Balaban J connectivity index is 1.50. The molecular weight excluding hydrogens is 376 g/mol. The van der Waals surface area contributed by atoms with E-state index in [-0.39, 0.29) is 18.0 Å². The number of aryl methyl sites for hydroxylation is 1. The van der Waals surface area contributed by atoms with Gasteiger partial charge in [-0.05, 0) is 30.2 Å². The number of benzene rings is 2. The first kappa shape index (κ1) is 18.3. The van der Waals surface area contributed by atoms with Gasteiger partial charge in [0.25, 0.3) is 5.56 Å². The smallest absolute Gasteiger partial charge is 0.291 e. The van der Waals surface area contributed by atoms with Crippen LogP contribution in [-0.2, 0) is 24.8 Å². The molecule has 1 N–H and O–H groups in total. The Morgan fingerprint density at radius 2 is 1.86 bits per heavy atom. The molecular formula is C21H19ClN4O2. The minimum Gasteiger partial charge on any atom is -0.354 e. The minimum atomic E-state index is -0.274. The van der Waals surface area contributed by atoms with Gasteiger partial charge >= 0.3 is 0 Å². The van der Waals surface area contributed by atoms with Gasteiger partial charge in [0.1, 0.15) is 12.1 Å². The number of nitrogens with zero attached hydrogens (tertiary/aromatic N) is 3. The van der Waals surface area contributed by atoms with Gasteiger partial charge in [0.05, 0.1) is 6.20 Å². The fourth-order valence-corrected chi connectivity index (χ4v) is 3.54. The Bertz CT molecular complexity index is 1230. The summed E-state index contributed by atoms with van der Waals surface area (Å²) in [5.74, 6) is -0.248. The number of nitrogens with one attached hydrogen (secondary N) is 1. The van der Waals surface area contributed by atoms with Crippen molar-refractivity contribution in [1.29, 1.82) is 0 Å². The number of amides is 1. The molecule has 2 aromatic heterocycles. The lowest BCUT2D eigenvalue weighted by atomic mass is 10.1. The zero-order valence-electron chi connectivity index (χ0n) is 15.4. The van der Waals surface area contributed by atoms with Crippen LogP contribution >= 0.6 is 11.6 Å². The summed E-state index contributed by atoms with van der Waals surface area (Å²) in [5.41, 5.74) is 2.31. The molecule has 7 heteroatoms. The molecule has 28 heavy (non-hydrogen) atoms. The van der Waals surface area contributed by atoms with Crippen molar-refractivity contribution in [2.24, 2.45) is 7.05 Å². The maximum Gasteiger partial charge on any atom is 0.291 e. The molecule has 0 saturated heterocycles. The molecule has 0 radical (unpaired) electrons. The van der Waals surface area contributed by atoms with E-state index in [0.29, 0.717) is 23.5 Å². The number of halogens is 1. The van der Waals surface area contributed by atoms with E-state index in [1.54, 1.807) is 6.20 Å². The number of carbonyl (C=O) groups excluding carboxylic acids is 1. The predicted octanol–water partition coefficient (Wildman–Crippen LogP) is 2.90. The number of rotatable bonds is 5. The van der Waals surface area contributed by atoms with Gasteiger partial charge in [-0.15, -0.1) is 0 Å². The van der Waals surface area contributed by atoms with Gasteiger partial charge in [0.15, 0.2) is 0 Å². The number of hydrogen-bond acceptors (Lipinski definition) is 3. The maximum atomic E-state index is 12.9.